The van der Waals surface area contributed by atoms with Gasteiger partial charge in [0.15, 0.2) is 5.96 Å². The number of nitrogens with zero attached hydrogens (tertiary/aromatic N) is 2. The number of carbonyl (C=O) groups is 1. The normalized spacial score (nSPS) is 10.6. The number of aromatic nitrogens is 1. The molecule has 1 amide bonds. The fraction of sp³-hybridized carbons (Fsp3) is 0.0769. The first kappa shape index (κ1) is 21.8. The first-order chi connectivity index (χ1) is 16.0. The highest BCUT2D eigenvalue weighted by molar-refractivity contribution is 5.92. The minimum Gasteiger partial charge on any atom is -0.489 e. The molecule has 0 saturated heterocycles. The SMILES string of the molecule is NC(N)=NC(=O)Cn1c(-c2ccc(F)cc2)ccc1-c1ccc(OCc2ccccc2)cc1. The summed E-state index contributed by atoms with van der Waals surface area (Å²) in [5.41, 5.74) is 15.0. The molecule has 0 aliphatic heterocycles. The van der Waals surface area contributed by atoms with Crippen LogP contribution in [0, 0.1) is 5.82 Å². The van der Waals surface area contributed by atoms with Crippen LogP contribution in [-0.2, 0) is 17.9 Å². The van der Waals surface area contributed by atoms with E-state index in [1.165, 1.54) is 12.1 Å². The van der Waals surface area contributed by atoms with Crippen LogP contribution in [0.25, 0.3) is 22.5 Å². The van der Waals surface area contributed by atoms with Gasteiger partial charge in [0.1, 0.15) is 24.7 Å². The highest BCUT2D eigenvalue weighted by Crippen LogP contribution is 2.30. The number of nitrogens with two attached hydrogens (primary N) is 2. The van der Waals surface area contributed by atoms with Crippen LogP contribution in [0.3, 0.4) is 0 Å². The van der Waals surface area contributed by atoms with Crippen LogP contribution in [-0.4, -0.2) is 16.4 Å². The summed E-state index contributed by atoms with van der Waals surface area (Å²) in [6, 6.07) is 27.4. The maximum Gasteiger partial charge on any atom is 0.268 e. The van der Waals surface area contributed by atoms with Crippen molar-refractivity contribution in [1.29, 1.82) is 0 Å². The largest absolute Gasteiger partial charge is 0.489 e. The van der Waals surface area contributed by atoms with Gasteiger partial charge in [0.05, 0.1) is 0 Å². The second kappa shape index (κ2) is 9.82. The molecule has 4 aromatic rings. The maximum atomic E-state index is 13.4. The highest BCUT2D eigenvalue weighted by Gasteiger charge is 2.15. The molecule has 1 heterocycles. The Morgan fingerprint density at radius 2 is 1.39 bits per heavy atom. The van der Waals surface area contributed by atoms with E-state index in [2.05, 4.69) is 4.99 Å². The molecule has 33 heavy (non-hydrogen) atoms. The zero-order valence-electron chi connectivity index (χ0n) is 17.8. The lowest BCUT2D eigenvalue weighted by Gasteiger charge is -2.13. The molecule has 1 aromatic heterocycles. The topological polar surface area (TPSA) is 95.6 Å². The molecule has 0 saturated carbocycles. The second-order valence-electron chi connectivity index (χ2n) is 7.43. The molecule has 0 aliphatic rings. The summed E-state index contributed by atoms with van der Waals surface area (Å²) < 4.78 is 21.1. The molecule has 3 aromatic carbocycles. The molecular weight excluding hydrogens is 419 g/mol. The monoisotopic (exact) mass is 442 g/mol. The van der Waals surface area contributed by atoms with Gasteiger partial charge in [-0.3, -0.25) is 4.79 Å². The summed E-state index contributed by atoms with van der Waals surface area (Å²) in [6.07, 6.45) is 0. The van der Waals surface area contributed by atoms with Crippen molar-refractivity contribution in [2.75, 3.05) is 0 Å². The maximum absolute atomic E-state index is 13.4. The average Bonchev–Trinajstić information content (AvgIpc) is 3.22. The van der Waals surface area contributed by atoms with Crippen molar-refractivity contribution in [3.63, 3.8) is 0 Å². The van der Waals surface area contributed by atoms with Crippen molar-refractivity contribution in [2.24, 2.45) is 16.5 Å². The number of ether oxygens (including phenoxy) is 1. The summed E-state index contributed by atoms with van der Waals surface area (Å²) in [4.78, 5) is 16.0. The average molecular weight is 442 g/mol. The predicted octanol–water partition coefficient (Wildman–Crippen LogP) is 4.34. The van der Waals surface area contributed by atoms with E-state index in [-0.39, 0.29) is 18.3 Å². The smallest absolute Gasteiger partial charge is 0.268 e. The summed E-state index contributed by atoms with van der Waals surface area (Å²) in [5, 5.41) is 0. The highest BCUT2D eigenvalue weighted by atomic mass is 19.1. The number of hydrogen-bond acceptors (Lipinski definition) is 2. The van der Waals surface area contributed by atoms with Gasteiger partial charge in [-0.2, -0.15) is 4.99 Å². The van der Waals surface area contributed by atoms with Gasteiger partial charge in [0, 0.05) is 11.4 Å². The van der Waals surface area contributed by atoms with E-state index in [9.17, 15) is 9.18 Å². The first-order valence-corrected chi connectivity index (χ1v) is 10.3. The lowest BCUT2D eigenvalue weighted by atomic mass is 10.1. The van der Waals surface area contributed by atoms with E-state index in [1.807, 2.05) is 71.3 Å². The van der Waals surface area contributed by atoms with Crippen LogP contribution < -0.4 is 16.2 Å². The number of rotatable bonds is 7. The standard InChI is InChI=1S/C26H23FN4O2/c27-21-10-6-19(7-11-21)23-14-15-24(31(23)16-25(32)30-26(28)29)20-8-12-22(13-9-20)33-17-18-4-2-1-3-5-18/h1-15H,16-17H2,(H4,28,29,30,32). The lowest BCUT2D eigenvalue weighted by molar-refractivity contribution is -0.118. The van der Waals surface area contributed by atoms with E-state index in [4.69, 9.17) is 16.2 Å². The number of benzene rings is 3. The van der Waals surface area contributed by atoms with Crippen LogP contribution in [0.1, 0.15) is 5.56 Å². The van der Waals surface area contributed by atoms with Crippen molar-refractivity contribution >= 4 is 11.9 Å². The van der Waals surface area contributed by atoms with E-state index in [0.717, 1.165) is 33.8 Å². The Morgan fingerprint density at radius 1 is 0.818 bits per heavy atom. The van der Waals surface area contributed by atoms with Gasteiger partial charge in [0.2, 0.25) is 0 Å². The van der Waals surface area contributed by atoms with E-state index < -0.39 is 5.91 Å². The summed E-state index contributed by atoms with van der Waals surface area (Å²) in [6.45, 7) is 0.400. The Kier molecular flexibility index (Phi) is 6.50. The molecule has 0 spiro atoms. The molecule has 0 radical (unpaired) electrons. The third-order valence-electron chi connectivity index (χ3n) is 5.07. The van der Waals surface area contributed by atoms with Crippen LogP contribution >= 0.6 is 0 Å². The Hall–Kier alpha value is -4.39. The van der Waals surface area contributed by atoms with Crippen molar-refractivity contribution in [3.8, 4) is 28.3 Å². The number of hydrogen-bond donors (Lipinski definition) is 2. The second-order valence-corrected chi connectivity index (χ2v) is 7.43. The van der Waals surface area contributed by atoms with Gasteiger partial charge in [-0.25, -0.2) is 4.39 Å². The molecule has 6 nitrogen and oxygen atoms in total. The molecule has 0 fully saturated rings. The fourth-order valence-electron chi connectivity index (χ4n) is 3.54. The minimum absolute atomic E-state index is 0.0702. The van der Waals surface area contributed by atoms with Crippen LogP contribution in [0.5, 0.6) is 5.75 Å². The molecule has 0 bridgehead atoms. The number of carbonyl (C=O) groups excluding carboxylic acids is 1. The van der Waals surface area contributed by atoms with Crippen molar-refractivity contribution in [1.82, 2.24) is 4.57 Å². The third-order valence-corrected chi connectivity index (χ3v) is 5.07. The summed E-state index contributed by atoms with van der Waals surface area (Å²) in [7, 11) is 0. The predicted molar refractivity (Wildman–Crippen MR) is 127 cm³/mol. The Bertz CT molecular complexity index is 1260. The number of aliphatic imine (C=N–C) groups is 1. The Morgan fingerprint density at radius 3 is 1.97 bits per heavy atom. The zero-order chi connectivity index (χ0) is 23.2. The van der Waals surface area contributed by atoms with Gasteiger partial charge in [-0.15, -0.1) is 0 Å². The molecule has 166 valence electrons. The molecular formula is C26H23FN4O2. The molecule has 0 aliphatic carbocycles. The van der Waals surface area contributed by atoms with Gasteiger partial charge in [-0.05, 0) is 77.4 Å². The van der Waals surface area contributed by atoms with Crippen molar-refractivity contribution in [2.45, 2.75) is 13.2 Å². The fourth-order valence-corrected chi connectivity index (χ4v) is 3.54. The van der Waals surface area contributed by atoms with Crippen LogP contribution in [0.2, 0.25) is 0 Å². The molecule has 4 N–H and O–H groups in total. The first-order valence-electron chi connectivity index (χ1n) is 10.3. The van der Waals surface area contributed by atoms with Gasteiger partial charge < -0.3 is 20.8 Å². The van der Waals surface area contributed by atoms with Crippen molar-refractivity contribution < 1.29 is 13.9 Å². The number of amides is 1. The van der Waals surface area contributed by atoms with E-state index in [1.54, 1.807) is 12.1 Å². The van der Waals surface area contributed by atoms with Gasteiger partial charge in [-0.1, -0.05) is 30.3 Å². The lowest BCUT2D eigenvalue weighted by Crippen LogP contribution is -2.25. The Balaban J connectivity index is 1.62. The molecule has 7 heteroatoms. The minimum atomic E-state index is -0.487. The molecule has 0 atom stereocenters. The Labute approximate surface area is 190 Å². The van der Waals surface area contributed by atoms with Gasteiger partial charge >= 0.3 is 0 Å². The van der Waals surface area contributed by atoms with Crippen molar-refractivity contribution in [3.05, 3.63) is 102 Å². The number of guanidine groups is 1. The number of halogens is 1. The van der Waals surface area contributed by atoms with Gasteiger partial charge in [0.25, 0.3) is 5.91 Å². The van der Waals surface area contributed by atoms with Crippen LogP contribution in [0.4, 0.5) is 4.39 Å². The van der Waals surface area contributed by atoms with E-state index >= 15 is 0 Å². The summed E-state index contributed by atoms with van der Waals surface area (Å²) in [5.74, 6) is -0.383. The quantitative estimate of drug-likeness (QED) is 0.329. The summed E-state index contributed by atoms with van der Waals surface area (Å²) >= 11 is 0. The molecule has 0 unspecified atom stereocenters. The zero-order valence-corrected chi connectivity index (χ0v) is 17.8. The van der Waals surface area contributed by atoms with E-state index in [0.29, 0.717) is 6.61 Å². The third kappa shape index (κ3) is 5.46. The van der Waals surface area contributed by atoms with Crippen LogP contribution in [0.15, 0.2) is 96.0 Å². The molecule has 4 rings (SSSR count).